The number of hydrogen-bond acceptors (Lipinski definition) is 6. The number of aromatic nitrogens is 7. The van der Waals surface area contributed by atoms with Gasteiger partial charge in [-0.2, -0.15) is 14.9 Å². The number of H-pyrrole nitrogens is 1. The molecule has 0 saturated heterocycles. The van der Waals surface area contributed by atoms with Crippen molar-refractivity contribution in [2.45, 2.75) is 6.92 Å². The van der Waals surface area contributed by atoms with Crippen LogP contribution in [0.4, 0.5) is 10.2 Å². The van der Waals surface area contributed by atoms with Crippen molar-refractivity contribution in [2.75, 3.05) is 5.32 Å². The fraction of sp³-hybridized carbons (Fsp3) is 0.0400. The number of carbonyl (C=O) groups is 2. The van der Waals surface area contributed by atoms with E-state index >= 15 is 0 Å². The van der Waals surface area contributed by atoms with E-state index in [0.29, 0.717) is 33.6 Å². The normalized spacial score (nSPS) is 11.3. The van der Waals surface area contributed by atoms with Crippen molar-refractivity contribution in [1.29, 1.82) is 0 Å². The van der Waals surface area contributed by atoms with Crippen LogP contribution in [0.15, 0.2) is 73.3 Å². The topological polar surface area (TPSA) is 123 Å². The molecule has 6 rings (SSSR count). The SMILES string of the molecule is Cc1cc(NC(=O)C(=O)c2c[nH]c3ccccc23)n(-c2ncnc3c2cnn3-c2ccc(F)cc2)n1. The van der Waals surface area contributed by atoms with Gasteiger partial charge in [0, 0.05) is 23.2 Å². The first-order valence-corrected chi connectivity index (χ1v) is 10.9. The number of hydrogen-bond donors (Lipinski definition) is 2. The second kappa shape index (κ2) is 8.24. The van der Waals surface area contributed by atoms with Crippen LogP contribution in [0, 0.1) is 12.7 Å². The molecule has 0 aliphatic carbocycles. The van der Waals surface area contributed by atoms with Gasteiger partial charge in [0.25, 0.3) is 11.7 Å². The van der Waals surface area contributed by atoms with Crippen LogP contribution in [-0.4, -0.2) is 46.2 Å². The van der Waals surface area contributed by atoms with Gasteiger partial charge in [-0.15, -0.1) is 0 Å². The summed E-state index contributed by atoms with van der Waals surface area (Å²) in [6, 6.07) is 14.7. The summed E-state index contributed by atoms with van der Waals surface area (Å²) in [5, 5.41) is 12.7. The number of nitrogens with zero attached hydrogens (tertiary/aromatic N) is 6. The Morgan fingerprint density at radius 3 is 2.64 bits per heavy atom. The van der Waals surface area contributed by atoms with E-state index in [1.807, 2.05) is 12.1 Å². The molecule has 0 saturated carbocycles. The molecule has 176 valence electrons. The van der Waals surface area contributed by atoms with Crippen molar-refractivity contribution in [3.05, 3.63) is 90.4 Å². The monoisotopic (exact) mass is 480 g/mol. The fourth-order valence-corrected chi connectivity index (χ4v) is 4.08. The van der Waals surface area contributed by atoms with E-state index in [9.17, 15) is 14.0 Å². The van der Waals surface area contributed by atoms with Crippen LogP contribution in [-0.2, 0) is 4.79 Å². The van der Waals surface area contributed by atoms with Crippen molar-refractivity contribution >= 4 is 39.4 Å². The highest BCUT2D eigenvalue weighted by molar-refractivity contribution is 6.48. The lowest BCUT2D eigenvalue weighted by Gasteiger charge is -2.09. The van der Waals surface area contributed by atoms with E-state index in [0.717, 1.165) is 5.52 Å². The number of anilines is 1. The van der Waals surface area contributed by atoms with Gasteiger partial charge in [-0.1, -0.05) is 18.2 Å². The molecule has 0 radical (unpaired) electrons. The summed E-state index contributed by atoms with van der Waals surface area (Å²) >= 11 is 0. The molecule has 10 nitrogen and oxygen atoms in total. The van der Waals surface area contributed by atoms with Gasteiger partial charge in [0.05, 0.1) is 28.5 Å². The molecule has 6 aromatic rings. The van der Waals surface area contributed by atoms with Gasteiger partial charge in [-0.3, -0.25) is 9.59 Å². The molecule has 1 amide bonds. The van der Waals surface area contributed by atoms with E-state index in [4.69, 9.17) is 0 Å². The number of aromatic amines is 1. The molecule has 0 spiro atoms. The average molecular weight is 480 g/mol. The third-order valence-corrected chi connectivity index (χ3v) is 5.73. The quantitative estimate of drug-likeness (QED) is 0.286. The summed E-state index contributed by atoms with van der Waals surface area (Å²) in [6.45, 7) is 1.76. The van der Waals surface area contributed by atoms with Crippen molar-refractivity contribution in [3.8, 4) is 11.5 Å². The number of benzene rings is 2. The Kier molecular flexibility index (Phi) is 4.88. The van der Waals surface area contributed by atoms with Gasteiger partial charge >= 0.3 is 0 Å². The Bertz CT molecular complexity index is 1780. The largest absolute Gasteiger partial charge is 0.360 e. The number of para-hydroxylation sites is 1. The molecule has 2 aromatic carbocycles. The predicted octanol–water partition coefficient (Wildman–Crippen LogP) is 3.75. The van der Waals surface area contributed by atoms with Crippen LogP contribution < -0.4 is 5.32 Å². The number of amides is 1. The lowest BCUT2D eigenvalue weighted by Crippen LogP contribution is -2.24. The molecule has 36 heavy (non-hydrogen) atoms. The van der Waals surface area contributed by atoms with Crippen LogP contribution in [0.5, 0.6) is 0 Å². The summed E-state index contributed by atoms with van der Waals surface area (Å²) in [4.78, 5) is 37.6. The third-order valence-electron chi connectivity index (χ3n) is 5.73. The minimum Gasteiger partial charge on any atom is -0.360 e. The van der Waals surface area contributed by atoms with Crippen molar-refractivity contribution in [1.82, 2.24) is 34.5 Å². The van der Waals surface area contributed by atoms with E-state index in [1.165, 1.54) is 29.3 Å². The Labute approximate surface area is 202 Å². The molecule has 0 atom stereocenters. The first kappa shape index (κ1) is 21.4. The predicted molar refractivity (Wildman–Crippen MR) is 130 cm³/mol. The molecule has 2 N–H and O–H groups in total. The molecular weight excluding hydrogens is 463 g/mol. The molecule has 0 aliphatic heterocycles. The summed E-state index contributed by atoms with van der Waals surface area (Å²) < 4.78 is 16.4. The number of rotatable bonds is 5. The maximum absolute atomic E-state index is 13.4. The highest BCUT2D eigenvalue weighted by atomic mass is 19.1. The molecule has 4 aromatic heterocycles. The maximum atomic E-state index is 13.4. The van der Waals surface area contributed by atoms with Gasteiger partial charge < -0.3 is 10.3 Å². The van der Waals surface area contributed by atoms with Crippen LogP contribution >= 0.6 is 0 Å². The molecule has 0 bridgehead atoms. The van der Waals surface area contributed by atoms with Crippen LogP contribution in [0.3, 0.4) is 0 Å². The molecule has 0 fully saturated rings. The van der Waals surface area contributed by atoms with Gasteiger partial charge in [0.2, 0.25) is 0 Å². The summed E-state index contributed by atoms with van der Waals surface area (Å²) in [7, 11) is 0. The van der Waals surface area contributed by atoms with Crippen molar-refractivity contribution in [3.63, 3.8) is 0 Å². The Balaban J connectivity index is 1.37. The lowest BCUT2D eigenvalue weighted by atomic mass is 10.1. The molecule has 11 heteroatoms. The third kappa shape index (κ3) is 3.50. The Hall–Kier alpha value is -5.19. The smallest absolute Gasteiger partial charge is 0.298 e. The molecule has 4 heterocycles. The molecule has 0 unspecified atom stereocenters. The number of Topliss-reactive ketones (excluding diaryl/α,β-unsaturated/α-hetero) is 1. The zero-order valence-electron chi connectivity index (χ0n) is 18.8. The van der Waals surface area contributed by atoms with E-state index in [1.54, 1.807) is 48.1 Å². The maximum Gasteiger partial charge on any atom is 0.298 e. The summed E-state index contributed by atoms with van der Waals surface area (Å²) in [6.07, 6.45) is 4.43. The van der Waals surface area contributed by atoms with Crippen LogP contribution in [0.2, 0.25) is 0 Å². The van der Waals surface area contributed by atoms with E-state index < -0.39 is 11.7 Å². The standard InChI is InChI=1S/C25H17FN8O2/c1-14-10-21(31-25(36)22(35)18-11-27-20-5-3-2-4-17(18)20)34(32-14)24-19-12-30-33(23(19)28-13-29-24)16-8-6-15(26)7-9-16/h2-13,27H,1H3,(H,31,36). The molecule has 0 aliphatic rings. The zero-order valence-corrected chi connectivity index (χ0v) is 18.8. The van der Waals surface area contributed by atoms with Gasteiger partial charge in [0.15, 0.2) is 11.5 Å². The Morgan fingerprint density at radius 2 is 1.81 bits per heavy atom. The highest BCUT2D eigenvalue weighted by Crippen LogP contribution is 2.25. The first-order chi connectivity index (χ1) is 17.5. The second-order valence-corrected chi connectivity index (χ2v) is 8.08. The number of aryl methyl sites for hydroxylation is 1. The number of ketones is 1. The van der Waals surface area contributed by atoms with Gasteiger partial charge in [-0.05, 0) is 37.3 Å². The summed E-state index contributed by atoms with van der Waals surface area (Å²) in [5.41, 5.74) is 2.71. The van der Waals surface area contributed by atoms with Crippen LogP contribution in [0.1, 0.15) is 16.1 Å². The number of carbonyl (C=O) groups excluding carboxylic acids is 2. The summed E-state index contributed by atoms with van der Waals surface area (Å²) in [5.74, 6) is -1.24. The van der Waals surface area contributed by atoms with E-state index in [2.05, 4.69) is 30.5 Å². The number of halogens is 1. The Morgan fingerprint density at radius 1 is 1.00 bits per heavy atom. The average Bonchev–Trinajstić information content (AvgIpc) is 3.60. The van der Waals surface area contributed by atoms with E-state index in [-0.39, 0.29) is 17.2 Å². The zero-order chi connectivity index (χ0) is 24.8. The number of nitrogens with one attached hydrogen (secondary N) is 2. The van der Waals surface area contributed by atoms with Gasteiger partial charge in [0.1, 0.15) is 18.0 Å². The first-order valence-electron chi connectivity index (χ1n) is 10.9. The minimum atomic E-state index is -0.812. The minimum absolute atomic E-state index is 0.264. The lowest BCUT2D eigenvalue weighted by molar-refractivity contribution is -0.112. The van der Waals surface area contributed by atoms with Gasteiger partial charge in [-0.25, -0.2) is 19.0 Å². The van der Waals surface area contributed by atoms with Crippen LogP contribution in [0.25, 0.3) is 33.4 Å². The fourth-order valence-electron chi connectivity index (χ4n) is 4.08. The van der Waals surface area contributed by atoms with Crippen molar-refractivity contribution < 1.29 is 14.0 Å². The number of fused-ring (bicyclic) bond motifs is 2. The second-order valence-electron chi connectivity index (χ2n) is 8.08. The highest BCUT2D eigenvalue weighted by Gasteiger charge is 2.23. The molecular formula is C25H17FN8O2. The van der Waals surface area contributed by atoms with Crippen molar-refractivity contribution in [2.24, 2.45) is 0 Å².